The first-order valence-corrected chi connectivity index (χ1v) is 13.7. The zero-order valence-electron chi connectivity index (χ0n) is 22.0. The monoisotopic (exact) mass is 426 g/mol. The fourth-order valence-electron chi connectivity index (χ4n) is 11.2. The molecule has 5 rings (SSSR count). The van der Waals surface area contributed by atoms with Crippen LogP contribution in [0, 0.1) is 56.2 Å². The molecule has 0 unspecified atom stereocenters. The predicted octanol–water partition coefficient (Wildman–Crippen LogP) is 8.46. The van der Waals surface area contributed by atoms with Gasteiger partial charge < -0.3 is 0 Å². The van der Waals surface area contributed by atoms with Gasteiger partial charge in [-0.1, -0.05) is 55.4 Å². The van der Waals surface area contributed by atoms with Gasteiger partial charge in [0.25, 0.3) is 0 Å². The van der Waals surface area contributed by atoms with Crippen molar-refractivity contribution in [3.05, 3.63) is 0 Å². The molecule has 0 saturated heterocycles. The minimum absolute atomic E-state index is 0.237. The number of fused-ring (bicyclic) bond motifs is 7. The molecule has 0 aromatic rings. The Hall–Kier alpha value is -0.330. The highest BCUT2D eigenvalue weighted by Crippen LogP contribution is 2.78. The van der Waals surface area contributed by atoms with E-state index in [4.69, 9.17) is 0 Å². The Balaban J connectivity index is 1.55. The quantitative estimate of drug-likeness (QED) is 0.379. The van der Waals surface area contributed by atoms with Crippen LogP contribution in [0.4, 0.5) is 0 Å². The summed E-state index contributed by atoms with van der Waals surface area (Å²) >= 11 is 0. The van der Waals surface area contributed by atoms with Crippen molar-refractivity contribution in [1.82, 2.24) is 0 Å². The number of ketones is 1. The summed E-state index contributed by atoms with van der Waals surface area (Å²) in [6.45, 7) is 20.7. The number of hydrogen-bond donors (Lipinski definition) is 0. The second-order valence-electron chi connectivity index (χ2n) is 15.3. The lowest BCUT2D eigenvalue weighted by Crippen LogP contribution is -2.67. The van der Waals surface area contributed by atoms with E-state index in [0.29, 0.717) is 32.9 Å². The molecule has 5 aliphatic carbocycles. The highest BCUT2D eigenvalue weighted by atomic mass is 16.1. The van der Waals surface area contributed by atoms with Gasteiger partial charge in [-0.3, -0.25) is 4.79 Å². The summed E-state index contributed by atoms with van der Waals surface area (Å²) in [5.74, 6) is 3.27. The predicted molar refractivity (Wildman–Crippen MR) is 130 cm³/mol. The lowest BCUT2D eigenvalue weighted by atomic mass is 9.30. The topological polar surface area (TPSA) is 17.1 Å². The summed E-state index contributed by atoms with van der Waals surface area (Å²) in [5, 5.41) is 0. The summed E-state index contributed by atoms with van der Waals surface area (Å²) in [4.78, 5) is 12.7. The van der Waals surface area contributed by atoms with Gasteiger partial charge in [-0.2, -0.15) is 0 Å². The Morgan fingerprint density at radius 1 is 0.645 bits per heavy atom. The van der Waals surface area contributed by atoms with Gasteiger partial charge in [-0.05, 0) is 114 Å². The molecule has 0 aliphatic heterocycles. The van der Waals surface area contributed by atoms with Crippen molar-refractivity contribution in [2.45, 2.75) is 126 Å². The van der Waals surface area contributed by atoms with Crippen LogP contribution in [0.2, 0.25) is 0 Å². The minimum atomic E-state index is 0.237. The molecule has 0 bridgehead atoms. The van der Waals surface area contributed by atoms with Gasteiger partial charge in [-0.25, -0.2) is 0 Å². The number of hydrogen-bond acceptors (Lipinski definition) is 1. The molecule has 1 nitrogen and oxygen atoms in total. The molecule has 9 atom stereocenters. The average molecular weight is 427 g/mol. The van der Waals surface area contributed by atoms with Crippen LogP contribution in [0.5, 0.6) is 0 Å². The van der Waals surface area contributed by atoms with Gasteiger partial charge in [0.1, 0.15) is 5.78 Å². The molecule has 31 heavy (non-hydrogen) atoms. The van der Waals surface area contributed by atoms with Crippen LogP contribution in [0.25, 0.3) is 0 Å². The molecular formula is C30H50O. The van der Waals surface area contributed by atoms with Crippen LogP contribution in [0.1, 0.15) is 126 Å². The van der Waals surface area contributed by atoms with Crippen LogP contribution < -0.4 is 0 Å². The largest absolute Gasteiger partial charge is 0.299 e. The summed E-state index contributed by atoms with van der Waals surface area (Å²) < 4.78 is 0. The van der Waals surface area contributed by atoms with E-state index in [1.54, 1.807) is 0 Å². The van der Waals surface area contributed by atoms with Crippen molar-refractivity contribution >= 4 is 5.78 Å². The van der Waals surface area contributed by atoms with E-state index >= 15 is 0 Å². The van der Waals surface area contributed by atoms with Gasteiger partial charge in [0.15, 0.2) is 0 Å². The Kier molecular flexibility index (Phi) is 4.65. The lowest BCUT2D eigenvalue weighted by Gasteiger charge is -2.74. The number of rotatable bonds is 0. The molecular weight excluding hydrogens is 376 g/mol. The van der Waals surface area contributed by atoms with Crippen molar-refractivity contribution in [1.29, 1.82) is 0 Å². The Labute approximate surface area is 192 Å². The maximum absolute atomic E-state index is 12.7. The van der Waals surface area contributed by atoms with Crippen molar-refractivity contribution in [3.8, 4) is 0 Å². The van der Waals surface area contributed by atoms with E-state index < -0.39 is 0 Å². The van der Waals surface area contributed by atoms with E-state index in [1.165, 1.54) is 57.8 Å². The SMILES string of the molecule is C[C@@H]1C(=O)CC[C@H]2[C@]3(C)CC[C@@]4(C)[C@H]5CC(C)(C)CC[C@]5(C)CC[C@@]4(C)[C@H]3CC[C@]21C. The first-order chi connectivity index (χ1) is 14.2. The number of carbonyl (C=O) groups is 1. The Morgan fingerprint density at radius 3 is 1.97 bits per heavy atom. The van der Waals surface area contributed by atoms with Crippen LogP contribution in [0.15, 0.2) is 0 Å². The summed E-state index contributed by atoms with van der Waals surface area (Å²) in [7, 11) is 0. The highest BCUT2D eigenvalue weighted by molar-refractivity contribution is 5.82. The maximum atomic E-state index is 12.7. The van der Waals surface area contributed by atoms with E-state index in [-0.39, 0.29) is 11.3 Å². The molecule has 0 aromatic heterocycles. The third-order valence-electron chi connectivity index (χ3n) is 13.7. The number of Topliss-reactive ketones (excluding diaryl/α,β-unsaturated/α-hetero) is 1. The maximum Gasteiger partial charge on any atom is 0.136 e. The van der Waals surface area contributed by atoms with Crippen LogP contribution >= 0.6 is 0 Å². The standard InChI is InChI=1S/C30H50O/c1-20-21(31)9-10-22-27(20,5)12-11-23-28(22,6)16-18-30(8)24-19-25(2,3)13-14-26(24,4)15-17-29(23,30)7/h20,22-24H,9-19H2,1-8H3/t20-,22-,23+,24+,26-,27+,28+,29+,30+/m1/s1. The molecule has 5 fully saturated rings. The molecule has 1 heteroatoms. The van der Waals surface area contributed by atoms with E-state index in [2.05, 4.69) is 55.4 Å². The smallest absolute Gasteiger partial charge is 0.136 e. The second-order valence-corrected chi connectivity index (χ2v) is 15.3. The molecule has 0 amide bonds. The molecule has 0 N–H and O–H groups in total. The van der Waals surface area contributed by atoms with Crippen molar-refractivity contribution in [2.75, 3.05) is 0 Å². The molecule has 0 heterocycles. The minimum Gasteiger partial charge on any atom is -0.299 e. The number of carbonyl (C=O) groups excluding carboxylic acids is 1. The molecule has 5 saturated carbocycles. The van der Waals surface area contributed by atoms with Crippen molar-refractivity contribution in [2.24, 2.45) is 56.2 Å². The molecule has 5 aliphatic rings. The third kappa shape index (κ3) is 2.70. The van der Waals surface area contributed by atoms with E-state index in [1.807, 2.05) is 0 Å². The fourth-order valence-corrected chi connectivity index (χ4v) is 11.2. The summed E-state index contributed by atoms with van der Waals surface area (Å²) in [6.07, 6.45) is 14.6. The lowest BCUT2D eigenvalue weighted by molar-refractivity contribution is -0.256. The van der Waals surface area contributed by atoms with Crippen LogP contribution in [-0.4, -0.2) is 5.78 Å². The van der Waals surface area contributed by atoms with Crippen LogP contribution in [0.3, 0.4) is 0 Å². The first kappa shape index (κ1) is 22.5. The third-order valence-corrected chi connectivity index (χ3v) is 13.7. The van der Waals surface area contributed by atoms with Crippen molar-refractivity contribution in [3.63, 3.8) is 0 Å². The van der Waals surface area contributed by atoms with E-state index in [0.717, 1.165) is 30.6 Å². The average Bonchev–Trinajstić information content (AvgIpc) is 2.69. The molecule has 0 radical (unpaired) electrons. The zero-order chi connectivity index (χ0) is 22.7. The summed E-state index contributed by atoms with van der Waals surface area (Å²) in [6, 6.07) is 0. The van der Waals surface area contributed by atoms with Gasteiger partial charge in [0, 0.05) is 12.3 Å². The normalized spacial score (nSPS) is 58.5. The van der Waals surface area contributed by atoms with Crippen LogP contribution in [-0.2, 0) is 4.79 Å². The zero-order valence-corrected chi connectivity index (χ0v) is 22.0. The van der Waals surface area contributed by atoms with Crippen molar-refractivity contribution < 1.29 is 4.79 Å². The van der Waals surface area contributed by atoms with E-state index in [9.17, 15) is 4.79 Å². The van der Waals surface area contributed by atoms with Gasteiger partial charge >= 0.3 is 0 Å². The fraction of sp³-hybridized carbons (Fsp3) is 0.967. The molecule has 176 valence electrons. The van der Waals surface area contributed by atoms with Gasteiger partial charge in [0.2, 0.25) is 0 Å². The Morgan fingerprint density at radius 2 is 1.26 bits per heavy atom. The Bertz CT molecular complexity index is 781. The van der Waals surface area contributed by atoms with Gasteiger partial charge in [0.05, 0.1) is 0 Å². The molecule has 0 spiro atoms. The first-order valence-electron chi connectivity index (χ1n) is 13.7. The summed E-state index contributed by atoms with van der Waals surface area (Å²) in [5.41, 5.74) is 2.67. The molecule has 0 aromatic carbocycles. The second kappa shape index (κ2) is 6.41. The highest BCUT2D eigenvalue weighted by Gasteiger charge is 2.70. The van der Waals surface area contributed by atoms with Gasteiger partial charge in [-0.15, -0.1) is 0 Å².